The fraction of sp³-hybridized carbons (Fsp3) is 0.100. The quantitative estimate of drug-likeness (QED) is 0.675. The molecule has 0 saturated carbocycles. The summed E-state index contributed by atoms with van der Waals surface area (Å²) in [6, 6.07) is 16.2. The number of aromatic nitrogens is 2. The number of hydrogen-bond acceptors (Lipinski definition) is 6. The summed E-state index contributed by atoms with van der Waals surface area (Å²) >= 11 is 0. The largest absolute Gasteiger partial charge is 0.457 e. The number of amides is 1. The Balaban J connectivity index is 1.55. The van der Waals surface area contributed by atoms with Crippen molar-refractivity contribution in [1.29, 1.82) is 0 Å². The minimum atomic E-state index is -0.986. The number of anilines is 1. The van der Waals surface area contributed by atoms with Gasteiger partial charge in [0.2, 0.25) is 0 Å². The molecule has 0 bridgehead atoms. The van der Waals surface area contributed by atoms with Crippen LogP contribution in [0.15, 0.2) is 73.2 Å². The monoisotopic (exact) mass is 363 g/mol. The van der Waals surface area contributed by atoms with Crippen molar-refractivity contribution in [1.82, 2.24) is 9.97 Å². The molecule has 2 aromatic carbocycles. The molecule has 136 valence electrons. The molecular formula is C20H17N3O4. The number of esters is 1. The number of carbonyl (C=O) groups is 2. The molecule has 7 heteroatoms. The van der Waals surface area contributed by atoms with E-state index in [1.165, 1.54) is 25.5 Å². The number of ether oxygens (including phenoxy) is 2. The number of nitrogens with one attached hydrogen (secondary N) is 1. The van der Waals surface area contributed by atoms with E-state index in [2.05, 4.69) is 15.3 Å². The molecule has 3 rings (SSSR count). The summed E-state index contributed by atoms with van der Waals surface area (Å²) in [6.45, 7) is 1.48. The van der Waals surface area contributed by atoms with Crippen molar-refractivity contribution in [2.24, 2.45) is 0 Å². The van der Waals surface area contributed by atoms with Crippen LogP contribution in [-0.2, 0) is 9.53 Å². The molecule has 1 atom stereocenters. The first-order valence-corrected chi connectivity index (χ1v) is 8.22. The smallest absolute Gasteiger partial charge is 0.359 e. The van der Waals surface area contributed by atoms with E-state index in [-0.39, 0.29) is 5.69 Å². The lowest BCUT2D eigenvalue weighted by Gasteiger charge is -2.13. The van der Waals surface area contributed by atoms with E-state index in [0.717, 1.165) is 5.75 Å². The minimum absolute atomic E-state index is 0.0413. The fourth-order valence-electron chi connectivity index (χ4n) is 2.15. The SMILES string of the molecule is C[C@H](OC(=O)c1cnccn1)C(=O)Nc1ccc(Oc2ccccc2)cc1. The van der Waals surface area contributed by atoms with Gasteiger partial charge in [0.05, 0.1) is 6.20 Å². The molecular weight excluding hydrogens is 346 g/mol. The lowest BCUT2D eigenvalue weighted by atomic mass is 10.2. The van der Waals surface area contributed by atoms with E-state index in [1.54, 1.807) is 24.3 Å². The zero-order valence-electron chi connectivity index (χ0n) is 14.5. The topological polar surface area (TPSA) is 90.4 Å². The third kappa shape index (κ3) is 5.12. The number of benzene rings is 2. The fourth-order valence-corrected chi connectivity index (χ4v) is 2.15. The number of hydrogen-bond donors (Lipinski definition) is 1. The Hall–Kier alpha value is -3.74. The average molecular weight is 363 g/mol. The molecule has 1 aromatic heterocycles. The zero-order chi connectivity index (χ0) is 19.1. The normalized spacial score (nSPS) is 11.3. The summed E-state index contributed by atoms with van der Waals surface area (Å²) in [5.41, 5.74) is 0.599. The third-order valence-corrected chi connectivity index (χ3v) is 3.53. The maximum Gasteiger partial charge on any atom is 0.359 e. The predicted octanol–water partition coefficient (Wildman–Crippen LogP) is 3.45. The van der Waals surface area contributed by atoms with Crippen LogP contribution in [0.25, 0.3) is 0 Å². The molecule has 0 unspecified atom stereocenters. The van der Waals surface area contributed by atoms with Gasteiger partial charge in [0.15, 0.2) is 11.8 Å². The molecule has 1 N–H and O–H groups in total. The number of rotatable bonds is 6. The summed E-state index contributed by atoms with van der Waals surface area (Å²) in [6.07, 6.45) is 3.11. The van der Waals surface area contributed by atoms with E-state index < -0.39 is 18.0 Å². The van der Waals surface area contributed by atoms with Crippen LogP contribution in [0.5, 0.6) is 11.5 Å². The van der Waals surface area contributed by atoms with Crippen LogP contribution in [0.4, 0.5) is 5.69 Å². The molecule has 27 heavy (non-hydrogen) atoms. The molecule has 1 amide bonds. The average Bonchev–Trinajstić information content (AvgIpc) is 2.71. The van der Waals surface area contributed by atoms with Crippen molar-refractivity contribution < 1.29 is 19.1 Å². The van der Waals surface area contributed by atoms with Crippen molar-refractivity contribution in [2.75, 3.05) is 5.32 Å². The van der Waals surface area contributed by atoms with E-state index in [1.807, 2.05) is 30.3 Å². The zero-order valence-corrected chi connectivity index (χ0v) is 14.5. The highest BCUT2D eigenvalue weighted by atomic mass is 16.5. The van der Waals surface area contributed by atoms with E-state index in [4.69, 9.17) is 9.47 Å². The van der Waals surface area contributed by atoms with Gasteiger partial charge in [-0.05, 0) is 43.3 Å². The van der Waals surface area contributed by atoms with Gasteiger partial charge in [-0.3, -0.25) is 9.78 Å². The van der Waals surface area contributed by atoms with E-state index in [9.17, 15) is 9.59 Å². The Bertz CT molecular complexity index is 900. The minimum Gasteiger partial charge on any atom is -0.457 e. The third-order valence-electron chi connectivity index (χ3n) is 3.53. The van der Waals surface area contributed by atoms with Gasteiger partial charge < -0.3 is 14.8 Å². The van der Waals surface area contributed by atoms with Gasteiger partial charge in [-0.15, -0.1) is 0 Å². The Morgan fingerprint density at radius 2 is 1.67 bits per heavy atom. The molecule has 0 saturated heterocycles. The second kappa shape index (κ2) is 8.57. The number of nitrogens with zero attached hydrogens (tertiary/aromatic N) is 2. The van der Waals surface area contributed by atoms with Crippen molar-refractivity contribution >= 4 is 17.6 Å². The van der Waals surface area contributed by atoms with Crippen molar-refractivity contribution in [3.05, 3.63) is 78.9 Å². The number of carbonyl (C=O) groups excluding carboxylic acids is 2. The van der Waals surface area contributed by atoms with Crippen LogP contribution in [0.1, 0.15) is 17.4 Å². The van der Waals surface area contributed by atoms with Crippen LogP contribution in [0.3, 0.4) is 0 Å². The van der Waals surface area contributed by atoms with Gasteiger partial charge in [0, 0.05) is 18.1 Å². The standard InChI is InChI=1S/C20H17N3O4/c1-14(26-20(25)18-13-21-11-12-22-18)19(24)23-15-7-9-17(10-8-15)27-16-5-3-2-4-6-16/h2-14H,1H3,(H,23,24)/t14-/m0/s1. The van der Waals surface area contributed by atoms with Crippen LogP contribution in [0.2, 0.25) is 0 Å². The Kier molecular flexibility index (Phi) is 5.73. The van der Waals surface area contributed by atoms with Gasteiger partial charge in [0.1, 0.15) is 11.5 Å². The Labute approximate surface area is 156 Å². The van der Waals surface area contributed by atoms with Crippen molar-refractivity contribution in [2.45, 2.75) is 13.0 Å². The van der Waals surface area contributed by atoms with Crippen LogP contribution >= 0.6 is 0 Å². The Morgan fingerprint density at radius 3 is 2.33 bits per heavy atom. The van der Waals surface area contributed by atoms with E-state index >= 15 is 0 Å². The van der Waals surface area contributed by atoms with E-state index in [0.29, 0.717) is 11.4 Å². The first-order chi connectivity index (χ1) is 13.1. The highest BCUT2D eigenvalue weighted by Crippen LogP contribution is 2.22. The molecule has 0 aliphatic rings. The molecule has 0 spiro atoms. The molecule has 1 heterocycles. The Morgan fingerprint density at radius 1 is 0.963 bits per heavy atom. The van der Waals surface area contributed by atoms with Crippen molar-refractivity contribution in [3.63, 3.8) is 0 Å². The van der Waals surface area contributed by atoms with Crippen LogP contribution in [0, 0.1) is 0 Å². The van der Waals surface area contributed by atoms with Gasteiger partial charge >= 0.3 is 5.97 Å². The van der Waals surface area contributed by atoms with Gasteiger partial charge in [-0.25, -0.2) is 9.78 Å². The highest BCUT2D eigenvalue weighted by Gasteiger charge is 2.19. The molecule has 0 radical (unpaired) electrons. The first-order valence-electron chi connectivity index (χ1n) is 8.22. The number of para-hydroxylation sites is 1. The molecule has 0 aliphatic carbocycles. The van der Waals surface area contributed by atoms with Gasteiger partial charge in [0.25, 0.3) is 5.91 Å². The predicted molar refractivity (Wildman–Crippen MR) is 98.5 cm³/mol. The van der Waals surface area contributed by atoms with Gasteiger partial charge in [-0.1, -0.05) is 18.2 Å². The first kappa shape index (κ1) is 18.1. The molecule has 7 nitrogen and oxygen atoms in total. The second-order valence-electron chi connectivity index (χ2n) is 5.57. The second-order valence-corrected chi connectivity index (χ2v) is 5.57. The summed E-state index contributed by atoms with van der Waals surface area (Å²) in [5, 5.41) is 2.68. The van der Waals surface area contributed by atoms with Gasteiger partial charge in [-0.2, -0.15) is 0 Å². The molecule has 0 fully saturated rings. The molecule has 0 aliphatic heterocycles. The summed E-state index contributed by atoms with van der Waals surface area (Å²) in [7, 11) is 0. The summed E-state index contributed by atoms with van der Waals surface area (Å²) < 4.78 is 10.8. The lowest BCUT2D eigenvalue weighted by molar-refractivity contribution is -0.123. The highest BCUT2D eigenvalue weighted by molar-refractivity contribution is 5.96. The van der Waals surface area contributed by atoms with Crippen LogP contribution < -0.4 is 10.1 Å². The van der Waals surface area contributed by atoms with Crippen molar-refractivity contribution in [3.8, 4) is 11.5 Å². The lowest BCUT2D eigenvalue weighted by Crippen LogP contribution is -2.30. The van der Waals surface area contributed by atoms with Crippen LogP contribution in [-0.4, -0.2) is 27.9 Å². The summed E-state index contributed by atoms with van der Waals surface area (Å²) in [4.78, 5) is 31.7. The molecule has 3 aromatic rings. The summed E-state index contributed by atoms with van der Waals surface area (Å²) in [5.74, 6) is 0.196. The maximum absolute atomic E-state index is 12.2. The maximum atomic E-state index is 12.2.